The van der Waals surface area contributed by atoms with Crippen molar-refractivity contribution in [2.24, 2.45) is 0 Å². The number of fused-ring (bicyclic) bond motifs is 1. The Hall–Kier alpha value is -0.960. The van der Waals surface area contributed by atoms with Crippen LogP contribution in [0.5, 0.6) is 0 Å². The SMILES string of the molecule is C1=CSc2nc[nH]c2C=C1. The fraction of sp³-hybridized carbons (Fsp3) is 0. The summed E-state index contributed by atoms with van der Waals surface area (Å²) in [7, 11) is 0. The Labute approximate surface area is 63.1 Å². The Morgan fingerprint density at radius 1 is 1.40 bits per heavy atom. The van der Waals surface area contributed by atoms with E-state index >= 15 is 0 Å². The predicted octanol–water partition coefficient (Wildman–Crippen LogP) is 2.04. The molecule has 0 saturated carbocycles. The van der Waals surface area contributed by atoms with Crippen LogP contribution in [0.2, 0.25) is 0 Å². The van der Waals surface area contributed by atoms with Gasteiger partial charge in [-0.3, -0.25) is 0 Å². The zero-order valence-electron chi connectivity index (χ0n) is 5.24. The van der Waals surface area contributed by atoms with Gasteiger partial charge in [0.15, 0.2) is 0 Å². The lowest BCUT2D eigenvalue weighted by atomic mass is 10.4. The Bertz CT molecular complexity index is 286. The van der Waals surface area contributed by atoms with Gasteiger partial charge in [0.1, 0.15) is 5.03 Å². The second-order valence-electron chi connectivity index (χ2n) is 1.93. The molecule has 3 heteroatoms. The third kappa shape index (κ3) is 0.885. The Morgan fingerprint density at radius 2 is 2.40 bits per heavy atom. The number of H-pyrrole nitrogens is 1. The van der Waals surface area contributed by atoms with Crippen LogP contribution >= 0.6 is 11.8 Å². The lowest BCUT2D eigenvalue weighted by Crippen LogP contribution is -1.71. The van der Waals surface area contributed by atoms with Gasteiger partial charge in [-0.25, -0.2) is 4.98 Å². The number of aromatic nitrogens is 2. The summed E-state index contributed by atoms with van der Waals surface area (Å²) in [6.45, 7) is 0. The standard InChI is InChI=1S/C7H6N2S/c1-2-4-10-7-6(3-1)8-5-9-7/h1-5H,(H,8,9). The average molecular weight is 150 g/mol. The first-order chi connectivity index (χ1) is 4.97. The van der Waals surface area contributed by atoms with Crippen LogP contribution in [0.15, 0.2) is 28.9 Å². The van der Waals surface area contributed by atoms with Gasteiger partial charge in [0, 0.05) is 0 Å². The molecule has 50 valence electrons. The van der Waals surface area contributed by atoms with Crippen molar-refractivity contribution in [3.05, 3.63) is 29.6 Å². The number of allylic oxidation sites excluding steroid dienone is 2. The third-order valence-electron chi connectivity index (χ3n) is 1.26. The second kappa shape index (κ2) is 2.34. The maximum Gasteiger partial charge on any atom is 0.125 e. The quantitative estimate of drug-likeness (QED) is 0.613. The molecule has 10 heavy (non-hydrogen) atoms. The van der Waals surface area contributed by atoms with Crippen LogP contribution in [-0.4, -0.2) is 9.97 Å². The van der Waals surface area contributed by atoms with Crippen LogP contribution in [-0.2, 0) is 0 Å². The number of rotatable bonds is 0. The van der Waals surface area contributed by atoms with Crippen molar-refractivity contribution in [1.82, 2.24) is 9.97 Å². The summed E-state index contributed by atoms with van der Waals surface area (Å²) >= 11 is 1.63. The van der Waals surface area contributed by atoms with Gasteiger partial charge in [-0.15, -0.1) is 0 Å². The normalized spacial score (nSPS) is 14.8. The van der Waals surface area contributed by atoms with Gasteiger partial charge in [-0.05, 0) is 11.5 Å². The predicted molar refractivity (Wildman–Crippen MR) is 42.6 cm³/mol. The molecule has 0 spiro atoms. The van der Waals surface area contributed by atoms with E-state index in [-0.39, 0.29) is 0 Å². The molecular weight excluding hydrogens is 144 g/mol. The van der Waals surface area contributed by atoms with Crippen LogP contribution < -0.4 is 0 Å². The Balaban J connectivity index is 2.50. The third-order valence-corrected chi connectivity index (χ3v) is 2.11. The molecular formula is C7H6N2S. The highest BCUT2D eigenvalue weighted by Gasteiger charge is 2.01. The van der Waals surface area contributed by atoms with Crippen molar-refractivity contribution < 1.29 is 0 Å². The van der Waals surface area contributed by atoms with Crippen LogP contribution in [0.4, 0.5) is 0 Å². The van der Waals surface area contributed by atoms with Gasteiger partial charge < -0.3 is 4.98 Å². The summed E-state index contributed by atoms with van der Waals surface area (Å²) in [6.07, 6.45) is 7.72. The van der Waals surface area contributed by atoms with E-state index in [0.29, 0.717) is 0 Å². The molecule has 0 fully saturated rings. The van der Waals surface area contributed by atoms with E-state index < -0.39 is 0 Å². The van der Waals surface area contributed by atoms with Gasteiger partial charge in [0.25, 0.3) is 0 Å². The number of imidazole rings is 1. The monoisotopic (exact) mass is 150 g/mol. The molecule has 1 aromatic heterocycles. The molecule has 0 saturated heterocycles. The molecule has 0 unspecified atom stereocenters. The van der Waals surface area contributed by atoms with Gasteiger partial charge in [-0.2, -0.15) is 0 Å². The molecule has 2 heterocycles. The van der Waals surface area contributed by atoms with Crippen molar-refractivity contribution >= 4 is 17.8 Å². The zero-order chi connectivity index (χ0) is 6.81. The van der Waals surface area contributed by atoms with E-state index in [1.807, 2.05) is 23.6 Å². The molecule has 0 radical (unpaired) electrons. The zero-order valence-corrected chi connectivity index (χ0v) is 6.06. The molecule has 0 bridgehead atoms. The maximum atomic E-state index is 4.12. The van der Waals surface area contributed by atoms with Gasteiger partial charge in [0.05, 0.1) is 12.0 Å². The molecule has 1 aliphatic rings. The first kappa shape index (κ1) is 5.80. The Kier molecular flexibility index (Phi) is 1.36. The molecule has 1 aliphatic heterocycles. The first-order valence-electron chi connectivity index (χ1n) is 3.00. The fourth-order valence-electron chi connectivity index (χ4n) is 0.806. The molecule has 0 aromatic carbocycles. The minimum absolute atomic E-state index is 1.05. The second-order valence-corrected chi connectivity index (χ2v) is 2.82. The molecule has 2 nitrogen and oxygen atoms in total. The number of hydrogen-bond donors (Lipinski definition) is 1. The van der Waals surface area contributed by atoms with Crippen molar-refractivity contribution in [3.63, 3.8) is 0 Å². The van der Waals surface area contributed by atoms with E-state index in [9.17, 15) is 0 Å². The smallest absolute Gasteiger partial charge is 0.125 e. The van der Waals surface area contributed by atoms with Crippen LogP contribution in [0.1, 0.15) is 5.69 Å². The number of aromatic amines is 1. The molecule has 1 aromatic rings. The molecule has 0 aliphatic carbocycles. The number of nitrogens with zero attached hydrogens (tertiary/aromatic N) is 1. The van der Waals surface area contributed by atoms with E-state index in [4.69, 9.17) is 0 Å². The number of nitrogens with one attached hydrogen (secondary N) is 1. The van der Waals surface area contributed by atoms with E-state index in [2.05, 4.69) is 9.97 Å². The highest BCUT2D eigenvalue weighted by molar-refractivity contribution is 8.02. The van der Waals surface area contributed by atoms with Crippen molar-refractivity contribution in [3.8, 4) is 0 Å². The largest absolute Gasteiger partial charge is 0.344 e. The van der Waals surface area contributed by atoms with Crippen molar-refractivity contribution in [2.75, 3.05) is 0 Å². The van der Waals surface area contributed by atoms with Crippen LogP contribution in [0, 0.1) is 0 Å². The average Bonchev–Trinajstić information content (AvgIpc) is 2.28. The van der Waals surface area contributed by atoms with Crippen LogP contribution in [0.3, 0.4) is 0 Å². The topological polar surface area (TPSA) is 28.7 Å². The highest BCUT2D eigenvalue weighted by atomic mass is 32.2. The fourth-order valence-corrected chi connectivity index (χ4v) is 1.47. The summed E-state index contributed by atoms with van der Waals surface area (Å²) in [5, 5.41) is 3.06. The van der Waals surface area contributed by atoms with E-state index in [1.54, 1.807) is 18.1 Å². The summed E-state index contributed by atoms with van der Waals surface area (Å²) in [5.41, 5.74) is 1.09. The van der Waals surface area contributed by atoms with Gasteiger partial charge in [-0.1, -0.05) is 23.9 Å². The Morgan fingerprint density at radius 3 is 3.40 bits per heavy atom. The van der Waals surface area contributed by atoms with Crippen molar-refractivity contribution in [2.45, 2.75) is 5.03 Å². The number of hydrogen-bond acceptors (Lipinski definition) is 2. The summed E-state index contributed by atoms with van der Waals surface area (Å²) in [5.74, 6) is 0. The summed E-state index contributed by atoms with van der Waals surface area (Å²) in [4.78, 5) is 7.16. The highest BCUT2D eigenvalue weighted by Crippen LogP contribution is 2.23. The molecule has 2 rings (SSSR count). The number of thioether (sulfide) groups is 1. The molecule has 1 N–H and O–H groups in total. The lowest BCUT2D eigenvalue weighted by Gasteiger charge is -1.87. The summed E-state index contributed by atoms with van der Waals surface area (Å²) < 4.78 is 0. The minimum atomic E-state index is 1.05. The van der Waals surface area contributed by atoms with Gasteiger partial charge >= 0.3 is 0 Å². The van der Waals surface area contributed by atoms with E-state index in [0.717, 1.165) is 10.7 Å². The molecule has 0 atom stereocenters. The first-order valence-corrected chi connectivity index (χ1v) is 3.88. The minimum Gasteiger partial charge on any atom is -0.344 e. The molecule has 0 amide bonds. The summed E-state index contributed by atoms with van der Waals surface area (Å²) in [6, 6.07) is 0. The van der Waals surface area contributed by atoms with Gasteiger partial charge in [0.2, 0.25) is 0 Å². The van der Waals surface area contributed by atoms with E-state index in [1.165, 1.54) is 0 Å². The van der Waals surface area contributed by atoms with Crippen molar-refractivity contribution in [1.29, 1.82) is 0 Å². The lowest BCUT2D eigenvalue weighted by molar-refractivity contribution is 1.20. The maximum absolute atomic E-state index is 4.12. The van der Waals surface area contributed by atoms with Crippen LogP contribution in [0.25, 0.3) is 6.08 Å².